The van der Waals surface area contributed by atoms with Gasteiger partial charge < -0.3 is 9.22 Å². The number of carbonyl (C=O) groups excluding carboxylic acids is 1. The maximum Gasteiger partial charge on any atom is 0.316 e. The Morgan fingerprint density at radius 3 is 2.32 bits per heavy atom. The van der Waals surface area contributed by atoms with Crippen LogP contribution >= 0.6 is 0 Å². The molecule has 2 atom stereocenters. The van der Waals surface area contributed by atoms with E-state index in [1.54, 1.807) is 0 Å². The molecule has 2 unspecified atom stereocenters. The van der Waals surface area contributed by atoms with Crippen LogP contribution in [0.25, 0.3) is 0 Å². The summed E-state index contributed by atoms with van der Waals surface area (Å²) in [5.41, 5.74) is 0.579. The van der Waals surface area contributed by atoms with E-state index in [-0.39, 0.29) is 12.1 Å². The van der Waals surface area contributed by atoms with E-state index in [1.807, 2.05) is 18.2 Å². The number of nitrogens with zero attached hydrogens (tertiary/aromatic N) is 1. The van der Waals surface area contributed by atoms with Crippen molar-refractivity contribution in [2.75, 3.05) is 27.7 Å². The van der Waals surface area contributed by atoms with Crippen molar-refractivity contribution < 1.29 is 14.0 Å². The minimum atomic E-state index is -0.526. The van der Waals surface area contributed by atoms with Crippen LogP contribution in [-0.4, -0.2) is 44.2 Å². The molecule has 3 heteroatoms. The second kappa shape index (κ2) is 8.35. The fourth-order valence-corrected chi connectivity index (χ4v) is 3.96. The first kappa shape index (κ1) is 20.0. The molecule has 0 saturated heterocycles. The molecular formula is C22H36NO2+. The van der Waals surface area contributed by atoms with Crippen molar-refractivity contribution in [1.29, 1.82) is 0 Å². The van der Waals surface area contributed by atoms with Gasteiger partial charge in [-0.1, -0.05) is 50.1 Å². The number of hydrogen-bond acceptors (Lipinski definition) is 2. The Balaban J connectivity index is 2.17. The third-order valence-electron chi connectivity index (χ3n) is 5.82. The normalized spacial score (nSPS) is 19.4. The van der Waals surface area contributed by atoms with Crippen molar-refractivity contribution in [1.82, 2.24) is 0 Å². The summed E-state index contributed by atoms with van der Waals surface area (Å²) in [5.74, 6) is 0.358. The van der Waals surface area contributed by atoms with Crippen molar-refractivity contribution in [3.05, 3.63) is 35.9 Å². The van der Waals surface area contributed by atoms with Crippen molar-refractivity contribution in [3.63, 3.8) is 0 Å². The average Bonchev–Trinajstić information content (AvgIpc) is 3.12. The first-order valence-electron chi connectivity index (χ1n) is 9.84. The van der Waals surface area contributed by atoms with Crippen LogP contribution in [0.3, 0.4) is 0 Å². The maximum atomic E-state index is 13.3. The number of rotatable bonds is 8. The lowest BCUT2D eigenvalue weighted by Crippen LogP contribution is -2.43. The van der Waals surface area contributed by atoms with Crippen LogP contribution in [0.1, 0.15) is 57.9 Å². The first-order chi connectivity index (χ1) is 11.8. The number of quaternary nitrogens is 1. The fourth-order valence-electron chi connectivity index (χ4n) is 3.96. The molecule has 0 aliphatic heterocycles. The van der Waals surface area contributed by atoms with E-state index in [9.17, 15) is 4.79 Å². The standard InChI is InChI=1S/C22H36NO2/c1-6-20(16-17-23(3,4)5)25-21(24)22(2,19-14-10-11-15-19)18-12-8-7-9-13-18/h7-9,12-13,19-20H,6,10-11,14-17H2,1-5H3/q+1. The predicted octanol–water partition coefficient (Wildman–Crippen LogP) is 4.55. The minimum absolute atomic E-state index is 0.00860. The molecule has 0 heterocycles. The van der Waals surface area contributed by atoms with Crippen LogP contribution < -0.4 is 0 Å². The summed E-state index contributed by atoms with van der Waals surface area (Å²) in [6, 6.07) is 10.3. The first-order valence-corrected chi connectivity index (χ1v) is 9.84. The summed E-state index contributed by atoms with van der Waals surface area (Å²) in [6.07, 6.45) is 6.49. The summed E-state index contributed by atoms with van der Waals surface area (Å²) in [6.45, 7) is 5.23. The van der Waals surface area contributed by atoms with Gasteiger partial charge in [-0.3, -0.25) is 4.79 Å². The van der Waals surface area contributed by atoms with Crippen LogP contribution in [0.2, 0.25) is 0 Å². The molecule has 0 spiro atoms. The monoisotopic (exact) mass is 346 g/mol. The molecule has 1 aliphatic rings. The molecule has 3 nitrogen and oxygen atoms in total. The number of esters is 1. The second-order valence-electron chi connectivity index (χ2n) is 8.79. The molecule has 0 aromatic heterocycles. The quantitative estimate of drug-likeness (QED) is 0.510. The van der Waals surface area contributed by atoms with Gasteiger partial charge in [-0.2, -0.15) is 0 Å². The topological polar surface area (TPSA) is 26.3 Å². The molecule has 140 valence electrons. The highest BCUT2D eigenvalue weighted by molar-refractivity contribution is 5.83. The molecule has 0 N–H and O–H groups in total. The highest BCUT2D eigenvalue weighted by atomic mass is 16.5. The molecule has 2 rings (SSSR count). The zero-order chi connectivity index (χ0) is 18.5. The Morgan fingerprint density at radius 2 is 1.80 bits per heavy atom. The van der Waals surface area contributed by atoms with Gasteiger partial charge in [-0.25, -0.2) is 0 Å². The molecule has 1 aromatic rings. The SMILES string of the molecule is CCC(CC[N+](C)(C)C)OC(=O)C(C)(c1ccccc1)C1CCCC1. The summed E-state index contributed by atoms with van der Waals surface area (Å²) in [5, 5.41) is 0. The molecule has 0 amide bonds. The lowest BCUT2D eigenvalue weighted by atomic mass is 9.71. The lowest BCUT2D eigenvalue weighted by molar-refractivity contribution is -0.870. The molecule has 25 heavy (non-hydrogen) atoms. The van der Waals surface area contributed by atoms with Crippen molar-refractivity contribution in [2.45, 2.75) is 63.9 Å². The minimum Gasteiger partial charge on any atom is -0.461 e. The van der Waals surface area contributed by atoms with E-state index >= 15 is 0 Å². The van der Waals surface area contributed by atoms with E-state index in [0.29, 0.717) is 5.92 Å². The number of ether oxygens (including phenoxy) is 1. The molecule has 1 aliphatic carbocycles. The maximum absolute atomic E-state index is 13.3. The molecule has 1 fully saturated rings. The highest BCUT2D eigenvalue weighted by Gasteiger charge is 2.45. The van der Waals surface area contributed by atoms with Crippen molar-refractivity contribution >= 4 is 5.97 Å². The molecule has 1 aromatic carbocycles. The number of benzene rings is 1. The fraction of sp³-hybridized carbons (Fsp3) is 0.682. The number of hydrogen-bond donors (Lipinski definition) is 0. The second-order valence-corrected chi connectivity index (χ2v) is 8.79. The van der Waals surface area contributed by atoms with E-state index in [2.05, 4.69) is 47.1 Å². The number of carbonyl (C=O) groups is 1. The summed E-state index contributed by atoms with van der Waals surface area (Å²) >= 11 is 0. The Hall–Kier alpha value is -1.35. The van der Waals surface area contributed by atoms with Gasteiger partial charge in [0.15, 0.2) is 0 Å². The molecule has 0 radical (unpaired) electrons. The Morgan fingerprint density at radius 1 is 1.20 bits per heavy atom. The highest BCUT2D eigenvalue weighted by Crippen LogP contribution is 2.43. The Kier molecular flexibility index (Phi) is 6.67. The van der Waals surface area contributed by atoms with Gasteiger partial charge in [0.25, 0.3) is 0 Å². The van der Waals surface area contributed by atoms with Crippen LogP contribution in [0.15, 0.2) is 30.3 Å². The van der Waals surface area contributed by atoms with Gasteiger partial charge in [0.2, 0.25) is 0 Å². The van der Waals surface area contributed by atoms with E-state index in [1.165, 1.54) is 12.8 Å². The smallest absolute Gasteiger partial charge is 0.316 e. The van der Waals surface area contributed by atoms with Crippen molar-refractivity contribution in [3.8, 4) is 0 Å². The summed E-state index contributed by atoms with van der Waals surface area (Å²) < 4.78 is 6.97. The van der Waals surface area contributed by atoms with Gasteiger partial charge >= 0.3 is 5.97 Å². The van der Waals surface area contributed by atoms with E-state index < -0.39 is 5.41 Å². The van der Waals surface area contributed by atoms with Crippen molar-refractivity contribution in [2.24, 2.45) is 5.92 Å². The van der Waals surface area contributed by atoms with Crippen LogP contribution in [0, 0.1) is 5.92 Å². The van der Waals surface area contributed by atoms with Gasteiger partial charge in [0, 0.05) is 6.42 Å². The van der Waals surface area contributed by atoms with Crippen LogP contribution in [0.5, 0.6) is 0 Å². The largest absolute Gasteiger partial charge is 0.461 e. The lowest BCUT2D eigenvalue weighted by Gasteiger charge is -2.35. The summed E-state index contributed by atoms with van der Waals surface area (Å²) in [7, 11) is 6.55. The third-order valence-corrected chi connectivity index (χ3v) is 5.82. The predicted molar refractivity (Wildman–Crippen MR) is 103 cm³/mol. The van der Waals surface area contributed by atoms with Gasteiger partial charge in [-0.15, -0.1) is 0 Å². The van der Waals surface area contributed by atoms with Crippen LogP contribution in [-0.2, 0) is 14.9 Å². The molecule has 0 bridgehead atoms. The van der Waals surface area contributed by atoms with Crippen LogP contribution in [0.4, 0.5) is 0 Å². The zero-order valence-electron chi connectivity index (χ0n) is 16.8. The zero-order valence-corrected chi connectivity index (χ0v) is 16.8. The Labute approximate surface area is 154 Å². The molecule has 1 saturated carbocycles. The Bertz CT molecular complexity index is 543. The summed E-state index contributed by atoms with van der Waals surface area (Å²) in [4.78, 5) is 13.3. The van der Waals surface area contributed by atoms with Gasteiger partial charge in [-0.05, 0) is 37.7 Å². The average molecular weight is 347 g/mol. The van der Waals surface area contributed by atoms with E-state index in [4.69, 9.17) is 4.74 Å². The van der Waals surface area contributed by atoms with Gasteiger partial charge in [0.1, 0.15) is 6.10 Å². The van der Waals surface area contributed by atoms with E-state index in [0.717, 1.165) is 42.3 Å². The molecular weight excluding hydrogens is 310 g/mol. The third kappa shape index (κ3) is 5.07. The van der Waals surface area contributed by atoms with Gasteiger partial charge in [0.05, 0.1) is 33.1 Å².